The molecule has 2 aliphatic heterocycles. The summed E-state index contributed by atoms with van der Waals surface area (Å²) < 4.78 is 50.8. The number of piperazine rings is 1. The number of nitro groups is 1. The highest BCUT2D eigenvalue weighted by Gasteiger charge is 2.47. The number of halogens is 3. The van der Waals surface area contributed by atoms with Crippen molar-refractivity contribution in [2.75, 3.05) is 19.6 Å². The Balaban J connectivity index is 0.000000531. The molecule has 1 amide bonds. The van der Waals surface area contributed by atoms with E-state index in [0.29, 0.717) is 24.3 Å². The number of ether oxygens (including phenoxy) is 1. The predicted octanol–water partition coefficient (Wildman–Crippen LogP) is 3.05. The van der Waals surface area contributed by atoms with Crippen molar-refractivity contribution < 1.29 is 52.5 Å². The average molecular weight is 598 g/mol. The fourth-order valence-electron chi connectivity index (χ4n) is 4.84. The number of aliphatic carboxylic acids is 2. The molecule has 4 rings (SSSR count). The Labute approximate surface area is 235 Å². The Morgan fingerprint density at radius 1 is 1.14 bits per heavy atom. The first-order chi connectivity index (χ1) is 19.7. The normalized spacial score (nSPS) is 22.0. The van der Waals surface area contributed by atoms with Crippen LogP contribution in [0.2, 0.25) is 0 Å². The van der Waals surface area contributed by atoms with Crippen LogP contribution in [0.1, 0.15) is 25.5 Å². The maximum Gasteiger partial charge on any atom is 0.415 e. The minimum atomic E-state index is -1.26. The molecule has 0 saturated carbocycles. The van der Waals surface area contributed by atoms with E-state index in [1.165, 1.54) is 16.8 Å². The number of amides is 1. The zero-order chi connectivity index (χ0) is 31.4. The molecule has 0 spiro atoms. The number of aromatic nitrogens is 2. The van der Waals surface area contributed by atoms with Crippen molar-refractivity contribution in [2.45, 2.75) is 38.1 Å². The standard InChI is InChI=1S/C21H22F3N5O5.C4H4O4/c1-3-4-15-18(17-13(23)7-12(22)8-14(17)24)26(5-6-28(15)20(30)31)10-21(2)11-27-9-16(29(32)33)25-19(27)34-21;5-3(6)1-2-4(7)8/h3-4,7-9,15,18H,5-6,10-11H2,1-2H3,(H,30,31);1-2H,(H,5,6)(H,7,8)/b;2-1-/t15-,18?,21?;/m0./s1. The van der Waals surface area contributed by atoms with Crippen LogP contribution in [-0.2, 0) is 16.1 Å². The summed E-state index contributed by atoms with van der Waals surface area (Å²) in [6.07, 6.45) is 4.21. The van der Waals surface area contributed by atoms with Crippen LogP contribution in [0, 0.1) is 27.6 Å². The summed E-state index contributed by atoms with van der Waals surface area (Å²) in [4.78, 5) is 47.9. The molecule has 14 nitrogen and oxygen atoms in total. The lowest BCUT2D eigenvalue weighted by atomic mass is 9.91. The number of hydrogen-bond acceptors (Lipinski definition) is 8. The maximum atomic E-state index is 14.9. The van der Waals surface area contributed by atoms with E-state index in [4.69, 9.17) is 14.9 Å². The first-order valence-corrected chi connectivity index (χ1v) is 12.2. The van der Waals surface area contributed by atoms with Gasteiger partial charge in [0.05, 0.1) is 18.6 Å². The molecule has 0 radical (unpaired) electrons. The SMILES string of the molecule is CC=C[C@H]1C(c2c(F)cc(F)cc2F)N(CC2(C)Cn3cc([N+](=O)[O-])nc3O2)CCN1C(=O)O.O=C(O)/C=C\C(=O)O. The minimum absolute atomic E-state index is 0.0408. The number of hydrogen-bond donors (Lipinski definition) is 3. The van der Waals surface area contributed by atoms with Crippen LogP contribution in [-0.4, -0.2) is 88.9 Å². The van der Waals surface area contributed by atoms with Gasteiger partial charge in [0.15, 0.2) is 0 Å². The van der Waals surface area contributed by atoms with Gasteiger partial charge in [0.1, 0.15) is 29.2 Å². The second-order valence-corrected chi connectivity index (χ2v) is 9.52. The zero-order valence-corrected chi connectivity index (χ0v) is 22.2. The first kappa shape index (κ1) is 31.6. The van der Waals surface area contributed by atoms with E-state index in [9.17, 15) is 42.8 Å². The summed E-state index contributed by atoms with van der Waals surface area (Å²) >= 11 is 0. The van der Waals surface area contributed by atoms with Crippen LogP contribution >= 0.6 is 0 Å². The van der Waals surface area contributed by atoms with Crippen molar-refractivity contribution in [3.63, 3.8) is 0 Å². The summed E-state index contributed by atoms with van der Waals surface area (Å²) in [6.45, 7) is 3.81. The minimum Gasteiger partial charge on any atom is -0.478 e. The van der Waals surface area contributed by atoms with Crippen molar-refractivity contribution in [1.29, 1.82) is 0 Å². The van der Waals surface area contributed by atoms with Gasteiger partial charge >= 0.3 is 29.9 Å². The highest BCUT2D eigenvalue weighted by atomic mass is 19.1. The Bertz CT molecular complexity index is 1380. The van der Waals surface area contributed by atoms with Gasteiger partial charge in [0.25, 0.3) is 0 Å². The summed E-state index contributed by atoms with van der Waals surface area (Å²) in [7, 11) is 0. The molecule has 1 fully saturated rings. The molecule has 2 unspecified atom stereocenters. The van der Waals surface area contributed by atoms with E-state index in [0.717, 1.165) is 4.90 Å². The molecule has 1 aromatic heterocycles. The summed E-state index contributed by atoms with van der Waals surface area (Å²) in [5, 5.41) is 36.3. The monoisotopic (exact) mass is 597 g/mol. The third-order valence-corrected chi connectivity index (χ3v) is 6.34. The molecular formula is C25H26F3N5O9. The first-order valence-electron chi connectivity index (χ1n) is 12.2. The maximum absolute atomic E-state index is 14.9. The van der Waals surface area contributed by atoms with E-state index < -0.39 is 63.7 Å². The number of nitrogens with zero attached hydrogens (tertiary/aromatic N) is 5. The number of imidazole rings is 1. The lowest BCUT2D eigenvalue weighted by Gasteiger charge is -2.47. The smallest absolute Gasteiger partial charge is 0.415 e. The largest absolute Gasteiger partial charge is 0.478 e. The van der Waals surface area contributed by atoms with Gasteiger partial charge in [-0.1, -0.05) is 12.2 Å². The summed E-state index contributed by atoms with van der Waals surface area (Å²) in [5.74, 6) is -6.23. The second kappa shape index (κ2) is 12.7. The van der Waals surface area contributed by atoms with E-state index in [-0.39, 0.29) is 38.0 Å². The lowest BCUT2D eigenvalue weighted by molar-refractivity contribution is -0.389. The molecule has 1 saturated heterocycles. The van der Waals surface area contributed by atoms with Gasteiger partial charge in [0.2, 0.25) is 0 Å². The zero-order valence-electron chi connectivity index (χ0n) is 22.2. The molecule has 3 N–H and O–H groups in total. The van der Waals surface area contributed by atoms with Crippen LogP contribution in [0.25, 0.3) is 0 Å². The van der Waals surface area contributed by atoms with Gasteiger partial charge in [-0.2, -0.15) is 0 Å². The molecule has 0 bridgehead atoms. The Kier molecular flexibility index (Phi) is 9.56. The lowest BCUT2D eigenvalue weighted by Crippen LogP contribution is -2.59. The average Bonchev–Trinajstić information content (AvgIpc) is 3.39. The van der Waals surface area contributed by atoms with Gasteiger partial charge in [-0.3, -0.25) is 14.4 Å². The molecule has 3 atom stereocenters. The van der Waals surface area contributed by atoms with E-state index in [1.807, 2.05) is 0 Å². The number of carbonyl (C=O) groups is 3. The van der Waals surface area contributed by atoms with Gasteiger partial charge < -0.3 is 30.2 Å². The predicted molar refractivity (Wildman–Crippen MR) is 136 cm³/mol. The molecule has 2 aliphatic rings. The van der Waals surface area contributed by atoms with Crippen LogP contribution in [0.4, 0.5) is 23.8 Å². The van der Waals surface area contributed by atoms with Crippen LogP contribution < -0.4 is 4.74 Å². The van der Waals surface area contributed by atoms with Crippen molar-refractivity contribution in [2.24, 2.45) is 0 Å². The van der Waals surface area contributed by atoms with Gasteiger partial charge in [-0.15, -0.1) is 0 Å². The summed E-state index contributed by atoms with van der Waals surface area (Å²) in [5.41, 5.74) is -1.43. The molecule has 226 valence electrons. The second-order valence-electron chi connectivity index (χ2n) is 9.52. The fraction of sp³-hybridized carbons (Fsp3) is 0.360. The fourth-order valence-corrected chi connectivity index (χ4v) is 4.84. The van der Waals surface area contributed by atoms with Crippen molar-refractivity contribution in [3.05, 3.63) is 75.8 Å². The third kappa shape index (κ3) is 7.22. The number of benzene rings is 1. The van der Waals surface area contributed by atoms with E-state index in [1.54, 1.807) is 24.8 Å². The molecule has 42 heavy (non-hydrogen) atoms. The highest BCUT2D eigenvalue weighted by Crippen LogP contribution is 2.39. The molecule has 17 heteroatoms. The molecule has 0 aliphatic carbocycles. The van der Waals surface area contributed by atoms with E-state index in [2.05, 4.69) is 4.98 Å². The van der Waals surface area contributed by atoms with E-state index >= 15 is 0 Å². The molecule has 1 aromatic carbocycles. The Hall–Kier alpha value is -4.93. The van der Waals surface area contributed by atoms with Gasteiger partial charge in [-0.25, -0.2) is 27.6 Å². The van der Waals surface area contributed by atoms with Gasteiger partial charge in [-0.05, 0) is 18.8 Å². The number of rotatable bonds is 7. The topological polar surface area (TPSA) is 189 Å². The molecule has 3 heterocycles. The van der Waals surface area contributed by atoms with Crippen LogP contribution in [0.3, 0.4) is 0 Å². The third-order valence-electron chi connectivity index (χ3n) is 6.34. The number of allylic oxidation sites excluding steroid dienone is 1. The van der Waals surface area contributed by atoms with Crippen LogP contribution in [0.15, 0.2) is 42.6 Å². The van der Waals surface area contributed by atoms with Crippen LogP contribution in [0.5, 0.6) is 6.01 Å². The number of carboxylic acids is 2. The molecule has 2 aromatic rings. The van der Waals surface area contributed by atoms with Crippen molar-refractivity contribution in [3.8, 4) is 6.01 Å². The Morgan fingerprint density at radius 2 is 1.74 bits per heavy atom. The van der Waals surface area contributed by atoms with Crippen molar-refractivity contribution >= 4 is 23.8 Å². The number of carboxylic acid groups (broad SMARTS) is 3. The molecular weight excluding hydrogens is 571 g/mol. The highest BCUT2D eigenvalue weighted by molar-refractivity contribution is 5.89. The summed E-state index contributed by atoms with van der Waals surface area (Å²) in [6, 6.07) is -0.922. The van der Waals surface area contributed by atoms with Crippen molar-refractivity contribution in [1.82, 2.24) is 19.4 Å². The Morgan fingerprint density at radius 3 is 2.21 bits per heavy atom. The number of fused-ring (bicyclic) bond motifs is 1. The van der Waals surface area contributed by atoms with Gasteiger partial charge in [0, 0.05) is 54.5 Å². The quantitative estimate of drug-likeness (QED) is 0.184.